The van der Waals surface area contributed by atoms with Crippen LogP contribution in [0.2, 0.25) is 5.02 Å². The Morgan fingerprint density at radius 3 is 1.43 bits per heavy atom. The Balaban J connectivity index is 1.47. The molecule has 0 amide bonds. The Bertz CT molecular complexity index is 1970. The van der Waals surface area contributed by atoms with Crippen molar-refractivity contribution in [2.75, 3.05) is 0 Å². The van der Waals surface area contributed by atoms with Crippen molar-refractivity contribution in [2.24, 2.45) is 0 Å². The number of hydrogen-bond acceptors (Lipinski definition) is 2. The van der Waals surface area contributed by atoms with Crippen LogP contribution in [0, 0.1) is 0 Å². The van der Waals surface area contributed by atoms with Gasteiger partial charge in [0.25, 0.3) is 0 Å². The van der Waals surface area contributed by atoms with E-state index in [9.17, 15) is 0 Å². The Labute approximate surface area is 264 Å². The van der Waals surface area contributed by atoms with E-state index in [2.05, 4.69) is 127 Å². The fourth-order valence-electron chi connectivity index (χ4n) is 6.14. The van der Waals surface area contributed by atoms with Gasteiger partial charge >= 0.3 is 0 Å². The summed E-state index contributed by atoms with van der Waals surface area (Å²) < 4.78 is 0. The zero-order valence-electron chi connectivity index (χ0n) is 24.0. The first-order chi connectivity index (χ1) is 21.7. The molecular weight excluding hydrogens is 572 g/mol. The lowest BCUT2D eigenvalue weighted by atomic mass is 10.0. The minimum atomic E-state index is -2.77. The average Bonchev–Trinajstić information content (AvgIpc) is 3.10. The largest absolute Gasteiger partial charge is 0.252 e. The highest BCUT2D eigenvalue weighted by atomic mass is 35.5. The molecule has 0 spiro atoms. The molecule has 0 aliphatic rings. The molecule has 0 aliphatic carbocycles. The van der Waals surface area contributed by atoms with Crippen LogP contribution in [-0.2, 0) is 0 Å². The predicted molar refractivity (Wildman–Crippen MR) is 187 cm³/mol. The minimum Gasteiger partial charge on any atom is -0.252 e. The van der Waals surface area contributed by atoms with Crippen molar-refractivity contribution >= 4 is 40.4 Å². The molecule has 0 aliphatic heterocycles. The molecule has 0 saturated carbocycles. The molecule has 0 bridgehead atoms. The van der Waals surface area contributed by atoms with Crippen molar-refractivity contribution in [1.82, 2.24) is 9.97 Å². The fraction of sp³-hybridized carbons (Fsp3) is 0. The smallest absolute Gasteiger partial charge is 0.179 e. The number of nitrogens with zero attached hydrogens (tertiary/aromatic N) is 2. The maximum absolute atomic E-state index is 6.69. The summed E-state index contributed by atoms with van der Waals surface area (Å²) >= 11 is 6.69. The van der Waals surface area contributed by atoms with Crippen LogP contribution in [0.25, 0.3) is 33.8 Å². The van der Waals surface area contributed by atoms with Crippen molar-refractivity contribution in [1.29, 1.82) is 0 Å². The fourth-order valence-corrected chi connectivity index (χ4v) is 11.2. The van der Waals surface area contributed by atoms with Gasteiger partial charge in [-0.2, -0.15) is 0 Å². The molecule has 210 valence electrons. The predicted octanol–water partition coefficient (Wildman–Crippen LogP) is 7.51. The van der Waals surface area contributed by atoms with Crippen LogP contribution in [0.1, 0.15) is 0 Å². The Morgan fingerprint density at radius 1 is 0.409 bits per heavy atom. The zero-order chi connectivity index (χ0) is 29.8. The van der Waals surface area contributed by atoms with Gasteiger partial charge in [0.1, 0.15) is 0 Å². The van der Waals surface area contributed by atoms with Crippen LogP contribution in [0.3, 0.4) is 0 Å². The Morgan fingerprint density at radius 2 is 0.864 bits per heavy atom. The summed E-state index contributed by atoms with van der Waals surface area (Å²) in [6.07, 6.45) is 1.90. The summed E-state index contributed by atoms with van der Waals surface area (Å²) in [6.45, 7) is 0. The van der Waals surface area contributed by atoms with Crippen LogP contribution < -0.4 is 20.7 Å². The summed E-state index contributed by atoms with van der Waals surface area (Å²) in [5, 5.41) is 5.80. The van der Waals surface area contributed by atoms with Crippen LogP contribution >= 0.6 is 11.6 Å². The molecule has 1 aromatic heterocycles. The maximum atomic E-state index is 6.69. The molecular formula is C40H29ClN2Si. The van der Waals surface area contributed by atoms with E-state index in [0.29, 0.717) is 0 Å². The number of aromatic nitrogens is 2. The zero-order valence-corrected chi connectivity index (χ0v) is 25.8. The monoisotopic (exact) mass is 600 g/mol. The highest BCUT2D eigenvalue weighted by molar-refractivity contribution is 7.20. The first-order valence-corrected chi connectivity index (χ1v) is 17.1. The summed E-state index contributed by atoms with van der Waals surface area (Å²) in [6, 6.07) is 59.6. The third kappa shape index (κ3) is 5.17. The molecule has 0 unspecified atom stereocenters. The summed E-state index contributed by atoms with van der Waals surface area (Å²) in [4.78, 5) is 10.3. The minimum absolute atomic E-state index is 0.734. The summed E-state index contributed by atoms with van der Waals surface area (Å²) in [5.74, 6) is 0. The SMILES string of the molecule is Clc1cccc([Si](c2ccccc2)(c2ccccc2)c2cccc(-c3cnc(-c4ccccc4)c(-c4ccccc4)n3)c2)c1. The van der Waals surface area contributed by atoms with Gasteiger partial charge in [-0.15, -0.1) is 0 Å². The molecule has 7 aromatic rings. The maximum Gasteiger partial charge on any atom is 0.179 e. The van der Waals surface area contributed by atoms with Gasteiger partial charge in [-0.05, 0) is 32.9 Å². The third-order valence-electron chi connectivity index (χ3n) is 8.13. The normalized spacial score (nSPS) is 11.3. The lowest BCUT2D eigenvalue weighted by Gasteiger charge is -2.34. The molecule has 0 atom stereocenters. The van der Waals surface area contributed by atoms with Gasteiger partial charge in [-0.3, -0.25) is 4.98 Å². The highest BCUT2D eigenvalue weighted by Crippen LogP contribution is 2.31. The van der Waals surface area contributed by atoms with Gasteiger partial charge in [-0.25, -0.2) is 4.98 Å². The molecule has 44 heavy (non-hydrogen) atoms. The van der Waals surface area contributed by atoms with Gasteiger partial charge in [0.2, 0.25) is 0 Å². The molecule has 0 saturated heterocycles. The molecule has 0 fully saturated rings. The van der Waals surface area contributed by atoms with Crippen molar-refractivity contribution in [3.05, 3.63) is 181 Å². The Hall–Kier alpha value is -5.09. The number of hydrogen-bond donors (Lipinski definition) is 0. The number of benzene rings is 6. The van der Waals surface area contributed by atoms with E-state index < -0.39 is 8.07 Å². The van der Waals surface area contributed by atoms with E-state index in [0.717, 1.165) is 38.8 Å². The van der Waals surface area contributed by atoms with Gasteiger partial charge in [0.05, 0.1) is 23.3 Å². The molecule has 7 rings (SSSR count). The molecule has 0 radical (unpaired) electrons. The van der Waals surface area contributed by atoms with Crippen LogP contribution in [0.15, 0.2) is 176 Å². The Kier molecular flexibility index (Phi) is 7.72. The van der Waals surface area contributed by atoms with E-state index >= 15 is 0 Å². The average molecular weight is 601 g/mol. The van der Waals surface area contributed by atoms with Crippen molar-refractivity contribution in [2.45, 2.75) is 0 Å². The number of halogens is 1. The summed E-state index contributed by atoms with van der Waals surface area (Å²) in [5.41, 5.74) is 5.67. The van der Waals surface area contributed by atoms with Crippen molar-refractivity contribution in [3.8, 4) is 33.8 Å². The van der Waals surface area contributed by atoms with E-state index in [1.165, 1.54) is 20.7 Å². The van der Waals surface area contributed by atoms with Crippen molar-refractivity contribution < 1.29 is 0 Å². The molecule has 4 heteroatoms. The molecule has 0 N–H and O–H groups in total. The topological polar surface area (TPSA) is 25.8 Å². The third-order valence-corrected chi connectivity index (χ3v) is 13.1. The van der Waals surface area contributed by atoms with E-state index in [1.807, 2.05) is 48.7 Å². The van der Waals surface area contributed by atoms with Crippen LogP contribution in [0.4, 0.5) is 0 Å². The second-order valence-electron chi connectivity index (χ2n) is 10.8. The van der Waals surface area contributed by atoms with Gasteiger partial charge in [-0.1, -0.05) is 169 Å². The molecule has 2 nitrogen and oxygen atoms in total. The van der Waals surface area contributed by atoms with Crippen LogP contribution in [0.5, 0.6) is 0 Å². The van der Waals surface area contributed by atoms with Gasteiger partial charge in [0, 0.05) is 21.7 Å². The standard InChI is InChI=1S/C40H29ClN2Si/c41-33-20-14-26-37(28-33)44(34-21-9-3-10-22-34,35-23-11-4-12-24-35)36-25-13-19-32(27-36)38-29-42-39(30-15-5-1-6-16-30)40(43-38)31-17-7-2-8-18-31/h1-29H. The second-order valence-corrected chi connectivity index (χ2v) is 15.0. The second kappa shape index (κ2) is 12.3. The number of rotatable bonds is 7. The highest BCUT2D eigenvalue weighted by Gasteiger charge is 2.41. The summed E-state index contributed by atoms with van der Waals surface area (Å²) in [7, 11) is -2.77. The van der Waals surface area contributed by atoms with Crippen molar-refractivity contribution in [3.63, 3.8) is 0 Å². The molecule has 6 aromatic carbocycles. The quantitative estimate of drug-likeness (QED) is 0.140. The van der Waals surface area contributed by atoms with Gasteiger partial charge < -0.3 is 0 Å². The van der Waals surface area contributed by atoms with Crippen LogP contribution in [-0.4, -0.2) is 18.0 Å². The first-order valence-electron chi connectivity index (χ1n) is 14.7. The lowest BCUT2D eigenvalue weighted by Crippen LogP contribution is -2.74. The first kappa shape index (κ1) is 27.7. The van der Waals surface area contributed by atoms with E-state index in [4.69, 9.17) is 21.6 Å². The van der Waals surface area contributed by atoms with E-state index in [-0.39, 0.29) is 0 Å². The van der Waals surface area contributed by atoms with Gasteiger partial charge in [0.15, 0.2) is 8.07 Å². The van der Waals surface area contributed by atoms with E-state index in [1.54, 1.807) is 0 Å². The molecule has 1 heterocycles. The lowest BCUT2D eigenvalue weighted by molar-refractivity contribution is 1.21.